The van der Waals surface area contributed by atoms with Crippen molar-refractivity contribution in [3.8, 4) is 0 Å². The maximum Gasteiger partial charge on any atom is 0.251 e. The third kappa shape index (κ3) is 4.28. The zero-order valence-electron chi connectivity index (χ0n) is 11.6. The van der Waals surface area contributed by atoms with E-state index < -0.39 is 0 Å². The van der Waals surface area contributed by atoms with Crippen molar-refractivity contribution in [1.82, 2.24) is 5.32 Å². The van der Waals surface area contributed by atoms with Crippen LogP contribution in [0, 0.1) is 5.41 Å². The van der Waals surface area contributed by atoms with Crippen molar-refractivity contribution >= 4 is 11.7 Å². The molecule has 0 radical (unpaired) electrons. The maximum absolute atomic E-state index is 12.0. The van der Waals surface area contributed by atoms with Crippen molar-refractivity contribution in [3.63, 3.8) is 0 Å². The Hall–Kier alpha value is -2.04. The standard InChI is InChI=1S/C14H21N3O2/c1-4-14(2,3)9-16-13(18)11-7-5-6-10(8-11)12(15)17-19/h5-8,19H,4,9H2,1-3H3,(H2,15,17)(H,16,18). The third-order valence-electron chi connectivity index (χ3n) is 3.21. The number of benzene rings is 1. The number of amides is 1. The highest BCUT2D eigenvalue weighted by Gasteiger charge is 2.17. The largest absolute Gasteiger partial charge is 0.409 e. The topological polar surface area (TPSA) is 87.7 Å². The molecule has 1 amide bonds. The van der Waals surface area contributed by atoms with Gasteiger partial charge in [-0.3, -0.25) is 4.79 Å². The van der Waals surface area contributed by atoms with Crippen molar-refractivity contribution in [2.45, 2.75) is 27.2 Å². The summed E-state index contributed by atoms with van der Waals surface area (Å²) in [4.78, 5) is 12.0. The van der Waals surface area contributed by atoms with Crippen LogP contribution >= 0.6 is 0 Å². The van der Waals surface area contributed by atoms with E-state index >= 15 is 0 Å². The van der Waals surface area contributed by atoms with Crippen molar-refractivity contribution in [2.75, 3.05) is 6.54 Å². The van der Waals surface area contributed by atoms with Crippen molar-refractivity contribution in [3.05, 3.63) is 35.4 Å². The lowest BCUT2D eigenvalue weighted by atomic mass is 9.90. The number of nitrogens with zero attached hydrogens (tertiary/aromatic N) is 1. The number of carbonyl (C=O) groups excluding carboxylic acids is 1. The second kappa shape index (κ2) is 6.22. The molecule has 0 fully saturated rings. The zero-order valence-corrected chi connectivity index (χ0v) is 11.6. The lowest BCUT2D eigenvalue weighted by Gasteiger charge is -2.22. The van der Waals surface area contributed by atoms with Crippen LogP contribution in [0.25, 0.3) is 0 Å². The van der Waals surface area contributed by atoms with E-state index in [0.717, 1.165) is 6.42 Å². The number of nitrogens with one attached hydrogen (secondary N) is 1. The smallest absolute Gasteiger partial charge is 0.251 e. The summed E-state index contributed by atoms with van der Waals surface area (Å²) in [7, 11) is 0. The van der Waals surface area contributed by atoms with E-state index in [9.17, 15) is 4.79 Å². The highest BCUT2D eigenvalue weighted by atomic mass is 16.4. The number of hydrogen-bond acceptors (Lipinski definition) is 3. The van der Waals surface area contributed by atoms with Gasteiger partial charge in [0.1, 0.15) is 0 Å². The summed E-state index contributed by atoms with van der Waals surface area (Å²) < 4.78 is 0. The van der Waals surface area contributed by atoms with Crippen LogP contribution in [0.15, 0.2) is 29.4 Å². The zero-order chi connectivity index (χ0) is 14.5. The molecule has 5 heteroatoms. The number of amidine groups is 1. The van der Waals surface area contributed by atoms with E-state index in [-0.39, 0.29) is 17.2 Å². The normalized spacial score (nSPS) is 12.3. The summed E-state index contributed by atoms with van der Waals surface area (Å²) in [6, 6.07) is 6.68. The summed E-state index contributed by atoms with van der Waals surface area (Å²) in [6.07, 6.45) is 0.984. The molecular weight excluding hydrogens is 242 g/mol. The second-order valence-corrected chi connectivity index (χ2v) is 5.27. The summed E-state index contributed by atoms with van der Waals surface area (Å²) in [6.45, 7) is 6.89. The number of oxime groups is 1. The minimum atomic E-state index is -0.158. The minimum Gasteiger partial charge on any atom is -0.409 e. The highest BCUT2D eigenvalue weighted by molar-refractivity contribution is 6.01. The van der Waals surface area contributed by atoms with Crippen molar-refractivity contribution in [2.24, 2.45) is 16.3 Å². The van der Waals surface area contributed by atoms with E-state index in [4.69, 9.17) is 10.9 Å². The van der Waals surface area contributed by atoms with Gasteiger partial charge in [-0.2, -0.15) is 0 Å². The summed E-state index contributed by atoms with van der Waals surface area (Å²) >= 11 is 0. The number of hydrogen-bond donors (Lipinski definition) is 3. The van der Waals surface area contributed by atoms with Crippen LogP contribution in [0.1, 0.15) is 43.1 Å². The first-order valence-corrected chi connectivity index (χ1v) is 6.26. The maximum atomic E-state index is 12.0. The summed E-state index contributed by atoms with van der Waals surface area (Å²) in [5, 5.41) is 14.4. The lowest BCUT2D eigenvalue weighted by Crippen LogP contribution is -2.33. The van der Waals surface area contributed by atoms with Crippen molar-refractivity contribution < 1.29 is 10.0 Å². The van der Waals surface area contributed by atoms with E-state index in [0.29, 0.717) is 17.7 Å². The molecule has 0 aliphatic heterocycles. The van der Waals surface area contributed by atoms with E-state index in [1.165, 1.54) is 0 Å². The van der Waals surface area contributed by atoms with E-state index in [1.807, 2.05) is 0 Å². The first-order chi connectivity index (χ1) is 8.89. The quantitative estimate of drug-likeness (QED) is 0.328. The molecule has 4 N–H and O–H groups in total. The minimum absolute atomic E-state index is 0.0106. The van der Waals surface area contributed by atoms with Gasteiger partial charge in [-0.25, -0.2) is 0 Å². The fraction of sp³-hybridized carbons (Fsp3) is 0.429. The Morgan fingerprint density at radius 3 is 2.63 bits per heavy atom. The molecule has 0 spiro atoms. The Balaban J connectivity index is 2.78. The van der Waals surface area contributed by atoms with Crippen LogP contribution in [0.4, 0.5) is 0 Å². The molecule has 0 heterocycles. The Morgan fingerprint density at radius 2 is 2.05 bits per heavy atom. The lowest BCUT2D eigenvalue weighted by molar-refractivity contribution is 0.0935. The fourth-order valence-corrected chi connectivity index (χ4v) is 1.42. The van der Waals surface area contributed by atoms with Gasteiger partial charge in [-0.05, 0) is 24.0 Å². The molecule has 0 aromatic heterocycles. The van der Waals surface area contributed by atoms with Crippen molar-refractivity contribution in [1.29, 1.82) is 0 Å². The molecule has 0 aliphatic carbocycles. The average Bonchev–Trinajstić information content (AvgIpc) is 2.44. The van der Waals surface area contributed by atoms with Crippen LogP contribution in [0.5, 0.6) is 0 Å². The number of nitrogens with two attached hydrogens (primary N) is 1. The van der Waals surface area contributed by atoms with Gasteiger partial charge in [0.2, 0.25) is 0 Å². The monoisotopic (exact) mass is 263 g/mol. The third-order valence-corrected chi connectivity index (χ3v) is 3.21. The van der Waals surface area contributed by atoms with Gasteiger partial charge in [-0.1, -0.05) is 38.1 Å². The van der Waals surface area contributed by atoms with Crippen LogP contribution in [0.2, 0.25) is 0 Å². The predicted molar refractivity (Wildman–Crippen MR) is 75.4 cm³/mol. The molecule has 0 saturated carbocycles. The molecule has 0 bridgehead atoms. The summed E-state index contributed by atoms with van der Waals surface area (Å²) in [5.41, 5.74) is 6.58. The average molecular weight is 263 g/mol. The van der Waals surface area contributed by atoms with Gasteiger partial charge >= 0.3 is 0 Å². The molecule has 19 heavy (non-hydrogen) atoms. The van der Waals surface area contributed by atoms with Crippen LogP contribution in [-0.2, 0) is 0 Å². The molecule has 0 unspecified atom stereocenters. The van der Waals surface area contributed by atoms with Gasteiger partial charge < -0.3 is 16.3 Å². The molecule has 1 aromatic carbocycles. The molecule has 0 saturated heterocycles. The van der Waals surface area contributed by atoms with Crippen LogP contribution in [-0.4, -0.2) is 23.5 Å². The first kappa shape index (κ1) is 15.0. The molecule has 1 aromatic rings. The molecule has 0 atom stereocenters. The van der Waals surface area contributed by atoms with E-state index in [1.54, 1.807) is 24.3 Å². The van der Waals surface area contributed by atoms with Crippen LogP contribution in [0.3, 0.4) is 0 Å². The molecular formula is C14H21N3O2. The highest BCUT2D eigenvalue weighted by Crippen LogP contribution is 2.18. The van der Waals surface area contributed by atoms with E-state index in [2.05, 4.69) is 31.2 Å². The number of rotatable bonds is 5. The first-order valence-electron chi connectivity index (χ1n) is 6.26. The Labute approximate surface area is 113 Å². The Morgan fingerprint density at radius 1 is 1.42 bits per heavy atom. The van der Waals surface area contributed by atoms with Gasteiger partial charge in [-0.15, -0.1) is 0 Å². The van der Waals surface area contributed by atoms with Gasteiger partial charge in [0.15, 0.2) is 5.84 Å². The Bertz CT molecular complexity index is 481. The van der Waals surface area contributed by atoms with Gasteiger partial charge in [0, 0.05) is 17.7 Å². The van der Waals surface area contributed by atoms with Gasteiger partial charge in [0.05, 0.1) is 0 Å². The second-order valence-electron chi connectivity index (χ2n) is 5.27. The predicted octanol–water partition coefficient (Wildman–Crippen LogP) is 1.95. The van der Waals surface area contributed by atoms with Gasteiger partial charge in [0.25, 0.3) is 5.91 Å². The van der Waals surface area contributed by atoms with Crippen LogP contribution < -0.4 is 11.1 Å². The number of carbonyl (C=O) groups is 1. The Kier molecular flexibility index (Phi) is 4.92. The fourth-order valence-electron chi connectivity index (χ4n) is 1.42. The molecule has 1 rings (SSSR count). The molecule has 0 aliphatic rings. The SMILES string of the molecule is CCC(C)(C)CNC(=O)c1cccc(/C(N)=N/O)c1. The molecule has 104 valence electrons. The summed E-state index contributed by atoms with van der Waals surface area (Å²) in [5.74, 6) is -0.169. The molecule has 5 nitrogen and oxygen atoms in total.